The lowest BCUT2D eigenvalue weighted by molar-refractivity contribution is -0.165. The molecule has 1 atom stereocenters. The van der Waals surface area contributed by atoms with E-state index in [1.54, 1.807) is 0 Å². The first-order valence-electron chi connectivity index (χ1n) is 9.22. The summed E-state index contributed by atoms with van der Waals surface area (Å²) in [5.41, 5.74) is -0.527. The van der Waals surface area contributed by atoms with Gasteiger partial charge in [0.2, 0.25) is 0 Å². The molecule has 134 valence electrons. The van der Waals surface area contributed by atoms with Crippen LogP contribution in [0.25, 0.3) is 0 Å². The standard InChI is InChI=1S/C17H32N2O4/c20-17(15-19-8-12-21-13-9-19)4-6-18(7-5-17)10-14-23-16-3-1-2-11-22-16/h16,20H,1-15H2. The van der Waals surface area contributed by atoms with E-state index in [1.807, 2.05) is 0 Å². The maximum atomic E-state index is 10.8. The number of likely N-dealkylation sites (tertiary alicyclic amines) is 1. The first kappa shape index (κ1) is 17.6. The van der Waals surface area contributed by atoms with Crippen molar-refractivity contribution >= 4 is 0 Å². The van der Waals surface area contributed by atoms with E-state index in [2.05, 4.69) is 9.80 Å². The SMILES string of the molecule is OC1(CN2CCOCC2)CCN(CCOC2CCCCO2)CC1. The molecule has 6 nitrogen and oxygen atoms in total. The summed E-state index contributed by atoms with van der Waals surface area (Å²) in [5, 5.41) is 10.8. The molecule has 23 heavy (non-hydrogen) atoms. The highest BCUT2D eigenvalue weighted by Gasteiger charge is 2.34. The largest absolute Gasteiger partial charge is 0.388 e. The second-order valence-corrected chi connectivity index (χ2v) is 7.12. The Morgan fingerprint density at radius 1 is 1.00 bits per heavy atom. The minimum absolute atomic E-state index is 0.00629. The zero-order chi connectivity index (χ0) is 16.0. The van der Waals surface area contributed by atoms with Crippen molar-refractivity contribution in [3.8, 4) is 0 Å². The lowest BCUT2D eigenvalue weighted by atomic mass is 9.90. The van der Waals surface area contributed by atoms with Crippen LogP contribution in [0, 0.1) is 0 Å². The minimum atomic E-state index is -0.527. The fourth-order valence-electron chi connectivity index (χ4n) is 3.68. The number of ether oxygens (including phenoxy) is 3. The minimum Gasteiger partial charge on any atom is -0.388 e. The van der Waals surface area contributed by atoms with E-state index >= 15 is 0 Å². The number of β-amino-alcohol motifs (C(OH)–C–C–N with tert-alkyl or cyclic N) is 1. The molecule has 0 aromatic carbocycles. The van der Waals surface area contributed by atoms with Crippen molar-refractivity contribution < 1.29 is 19.3 Å². The van der Waals surface area contributed by atoms with Crippen molar-refractivity contribution in [2.24, 2.45) is 0 Å². The van der Waals surface area contributed by atoms with Crippen LogP contribution in [-0.4, -0.2) is 92.5 Å². The predicted octanol–water partition coefficient (Wildman–Crippen LogP) is 0.689. The molecular formula is C17H32N2O4. The Bertz CT molecular complexity index is 335. The van der Waals surface area contributed by atoms with Gasteiger partial charge in [0.25, 0.3) is 0 Å². The van der Waals surface area contributed by atoms with E-state index < -0.39 is 5.60 Å². The Balaban J connectivity index is 1.31. The summed E-state index contributed by atoms with van der Waals surface area (Å²) >= 11 is 0. The first-order valence-corrected chi connectivity index (χ1v) is 9.22. The van der Waals surface area contributed by atoms with Crippen molar-refractivity contribution in [2.45, 2.75) is 44.0 Å². The van der Waals surface area contributed by atoms with Gasteiger partial charge in [-0.15, -0.1) is 0 Å². The summed E-state index contributed by atoms with van der Waals surface area (Å²) in [6.45, 7) is 8.68. The summed E-state index contributed by atoms with van der Waals surface area (Å²) in [5.74, 6) is 0. The number of hydrogen-bond donors (Lipinski definition) is 1. The van der Waals surface area contributed by atoms with Gasteiger partial charge in [0, 0.05) is 45.9 Å². The molecule has 0 saturated carbocycles. The Labute approximate surface area is 139 Å². The highest BCUT2D eigenvalue weighted by atomic mass is 16.7. The molecule has 0 amide bonds. The summed E-state index contributed by atoms with van der Waals surface area (Å²) < 4.78 is 16.8. The second-order valence-electron chi connectivity index (χ2n) is 7.12. The molecule has 3 aliphatic heterocycles. The van der Waals surface area contributed by atoms with Crippen LogP contribution < -0.4 is 0 Å². The summed E-state index contributed by atoms with van der Waals surface area (Å²) in [6, 6.07) is 0. The van der Waals surface area contributed by atoms with Crippen LogP contribution in [0.15, 0.2) is 0 Å². The normalized spacial score (nSPS) is 30.4. The maximum Gasteiger partial charge on any atom is 0.157 e. The fourth-order valence-corrected chi connectivity index (χ4v) is 3.68. The zero-order valence-corrected chi connectivity index (χ0v) is 14.3. The van der Waals surface area contributed by atoms with Gasteiger partial charge in [0.15, 0.2) is 6.29 Å². The Morgan fingerprint density at radius 3 is 2.48 bits per heavy atom. The number of aliphatic hydroxyl groups is 1. The zero-order valence-electron chi connectivity index (χ0n) is 14.3. The van der Waals surface area contributed by atoms with Crippen LogP contribution in [-0.2, 0) is 14.2 Å². The Morgan fingerprint density at radius 2 is 1.78 bits per heavy atom. The van der Waals surface area contributed by atoms with Gasteiger partial charge < -0.3 is 24.2 Å². The molecule has 0 spiro atoms. The molecule has 1 unspecified atom stereocenters. The third-order valence-corrected chi connectivity index (χ3v) is 5.26. The van der Waals surface area contributed by atoms with E-state index in [4.69, 9.17) is 14.2 Å². The highest BCUT2D eigenvalue weighted by Crippen LogP contribution is 2.24. The number of rotatable bonds is 6. The maximum absolute atomic E-state index is 10.8. The molecule has 0 bridgehead atoms. The van der Waals surface area contributed by atoms with Gasteiger partial charge in [0.1, 0.15) is 0 Å². The van der Waals surface area contributed by atoms with Crippen LogP contribution in [0.2, 0.25) is 0 Å². The fraction of sp³-hybridized carbons (Fsp3) is 1.00. The molecule has 6 heteroatoms. The third kappa shape index (κ3) is 5.66. The topological polar surface area (TPSA) is 54.4 Å². The van der Waals surface area contributed by atoms with Crippen LogP contribution in [0.1, 0.15) is 32.1 Å². The summed E-state index contributed by atoms with van der Waals surface area (Å²) in [6.07, 6.45) is 5.11. The van der Waals surface area contributed by atoms with Crippen molar-refractivity contribution in [2.75, 3.05) is 65.7 Å². The van der Waals surface area contributed by atoms with E-state index in [-0.39, 0.29) is 6.29 Å². The first-order chi connectivity index (χ1) is 11.2. The van der Waals surface area contributed by atoms with Gasteiger partial charge in [0.05, 0.1) is 25.4 Å². The Hall–Kier alpha value is -0.240. The Kier molecular flexibility index (Phi) is 6.68. The number of nitrogens with zero attached hydrogens (tertiary/aromatic N) is 2. The van der Waals surface area contributed by atoms with Crippen LogP contribution in [0.4, 0.5) is 0 Å². The van der Waals surface area contributed by atoms with Gasteiger partial charge >= 0.3 is 0 Å². The molecule has 0 radical (unpaired) electrons. The molecule has 3 aliphatic rings. The average molecular weight is 328 g/mol. The van der Waals surface area contributed by atoms with Gasteiger partial charge in [-0.05, 0) is 32.1 Å². The molecule has 3 saturated heterocycles. The van der Waals surface area contributed by atoms with Gasteiger partial charge in [-0.25, -0.2) is 0 Å². The van der Waals surface area contributed by atoms with Crippen LogP contribution in [0.3, 0.4) is 0 Å². The lowest BCUT2D eigenvalue weighted by Gasteiger charge is -2.41. The summed E-state index contributed by atoms with van der Waals surface area (Å²) in [4.78, 5) is 4.74. The third-order valence-electron chi connectivity index (χ3n) is 5.26. The molecule has 3 fully saturated rings. The molecule has 1 N–H and O–H groups in total. The van der Waals surface area contributed by atoms with E-state index in [1.165, 1.54) is 6.42 Å². The van der Waals surface area contributed by atoms with E-state index in [9.17, 15) is 5.11 Å². The molecule has 3 rings (SSSR count). The summed E-state index contributed by atoms with van der Waals surface area (Å²) in [7, 11) is 0. The molecular weight excluding hydrogens is 296 g/mol. The quantitative estimate of drug-likeness (QED) is 0.774. The van der Waals surface area contributed by atoms with Crippen LogP contribution >= 0.6 is 0 Å². The molecule has 0 aromatic rings. The molecule has 0 aromatic heterocycles. The van der Waals surface area contributed by atoms with Gasteiger partial charge in [-0.1, -0.05) is 0 Å². The highest BCUT2D eigenvalue weighted by molar-refractivity contribution is 4.89. The number of hydrogen-bond acceptors (Lipinski definition) is 6. The van der Waals surface area contributed by atoms with Crippen molar-refractivity contribution in [1.82, 2.24) is 9.80 Å². The smallest absolute Gasteiger partial charge is 0.157 e. The van der Waals surface area contributed by atoms with Gasteiger partial charge in [-0.3, -0.25) is 4.90 Å². The van der Waals surface area contributed by atoms with Crippen molar-refractivity contribution in [3.05, 3.63) is 0 Å². The van der Waals surface area contributed by atoms with Gasteiger partial charge in [-0.2, -0.15) is 0 Å². The van der Waals surface area contributed by atoms with E-state index in [0.29, 0.717) is 0 Å². The number of morpholine rings is 1. The van der Waals surface area contributed by atoms with Crippen LogP contribution in [0.5, 0.6) is 0 Å². The predicted molar refractivity (Wildman–Crippen MR) is 87.4 cm³/mol. The molecule has 3 heterocycles. The van der Waals surface area contributed by atoms with E-state index in [0.717, 1.165) is 91.4 Å². The second kappa shape index (κ2) is 8.74. The monoisotopic (exact) mass is 328 g/mol. The van der Waals surface area contributed by atoms with Crippen molar-refractivity contribution in [1.29, 1.82) is 0 Å². The van der Waals surface area contributed by atoms with Crippen molar-refractivity contribution in [3.63, 3.8) is 0 Å². The average Bonchev–Trinajstić information content (AvgIpc) is 2.59. The number of piperidine rings is 1. The lowest BCUT2D eigenvalue weighted by Crippen LogP contribution is -2.53. The molecule has 0 aliphatic carbocycles.